The van der Waals surface area contributed by atoms with Crippen LogP contribution in [-0.4, -0.2) is 57.8 Å². The van der Waals surface area contributed by atoms with Crippen LogP contribution in [0.4, 0.5) is 40.4 Å². The lowest BCUT2D eigenvalue weighted by Gasteiger charge is -2.34. The Morgan fingerprint density at radius 3 is 1.94 bits per heavy atom. The number of halogens is 5. The Balaban J connectivity index is 0.000000177. The van der Waals surface area contributed by atoms with E-state index in [0.29, 0.717) is 35.2 Å². The summed E-state index contributed by atoms with van der Waals surface area (Å²) < 4.78 is 56.1. The molecule has 15 heteroatoms. The maximum atomic E-state index is 13.2. The van der Waals surface area contributed by atoms with Crippen molar-refractivity contribution in [3.8, 4) is 5.75 Å². The maximum Gasteiger partial charge on any atom is 0.573 e. The standard InChI is InChI=1S/C29H28ClF3N4O2.C25H23FN4/c1-2-25-27(37-18-22(30)7-12-26(37)35-25)28(38)34-17-19-3-8-23(9-4-19)36-15-13-21(14-16-36)20-5-10-24(11-6-20)39-29(31,32)33;26-20-7-5-18(6-8-20)19-13-15-30(16-14-19)22-11-9-21(10-12-22)29-25-23-3-1-2-4-24(23)27-17-28-25/h3-12,18,21H,2,13-17H2,1H3,(H,34,38);1-12,17,19H,13-16H2,(H,27,28,29). The van der Waals surface area contributed by atoms with Gasteiger partial charge in [0.2, 0.25) is 0 Å². The molecule has 10 rings (SSSR count). The molecule has 2 fully saturated rings. The van der Waals surface area contributed by atoms with Gasteiger partial charge in [0.15, 0.2) is 0 Å². The van der Waals surface area contributed by atoms with Crippen LogP contribution in [0.2, 0.25) is 5.02 Å². The van der Waals surface area contributed by atoms with Crippen LogP contribution in [0, 0.1) is 5.82 Å². The number of nitrogens with one attached hydrogen (secondary N) is 2. The fraction of sp³-hybridized carbons (Fsp3) is 0.259. The molecule has 0 atom stereocenters. The first-order valence-corrected chi connectivity index (χ1v) is 23.6. The average Bonchev–Trinajstić information content (AvgIpc) is 3.74. The summed E-state index contributed by atoms with van der Waals surface area (Å²) in [5, 5.41) is 7.95. The molecule has 0 saturated carbocycles. The zero-order valence-electron chi connectivity index (χ0n) is 38.0. The van der Waals surface area contributed by atoms with Gasteiger partial charge in [0.05, 0.1) is 16.2 Å². The smallest absolute Gasteiger partial charge is 0.406 e. The number of benzene rings is 5. The van der Waals surface area contributed by atoms with E-state index in [-0.39, 0.29) is 23.4 Å². The van der Waals surface area contributed by atoms with Crippen molar-refractivity contribution < 1.29 is 27.1 Å². The Labute approximate surface area is 403 Å². The molecule has 2 aliphatic heterocycles. The molecule has 354 valence electrons. The van der Waals surface area contributed by atoms with Crippen LogP contribution in [0.25, 0.3) is 16.6 Å². The lowest BCUT2D eigenvalue weighted by atomic mass is 9.89. The maximum absolute atomic E-state index is 13.2. The third-order valence-electron chi connectivity index (χ3n) is 12.9. The van der Waals surface area contributed by atoms with E-state index in [1.807, 2.05) is 55.5 Å². The van der Waals surface area contributed by atoms with Crippen LogP contribution in [0.3, 0.4) is 0 Å². The number of rotatable bonds is 11. The molecule has 10 nitrogen and oxygen atoms in total. The normalized spacial score (nSPS) is 14.6. The number of aromatic nitrogens is 4. The molecule has 5 aromatic carbocycles. The minimum Gasteiger partial charge on any atom is -0.406 e. The zero-order valence-corrected chi connectivity index (χ0v) is 38.7. The number of anilines is 4. The van der Waals surface area contributed by atoms with Gasteiger partial charge < -0.3 is 25.2 Å². The van der Waals surface area contributed by atoms with Gasteiger partial charge in [0, 0.05) is 61.4 Å². The number of piperidine rings is 2. The number of imidazole rings is 1. The van der Waals surface area contributed by atoms with E-state index < -0.39 is 6.36 Å². The first-order chi connectivity index (χ1) is 33.5. The van der Waals surface area contributed by atoms with E-state index >= 15 is 0 Å². The summed E-state index contributed by atoms with van der Waals surface area (Å²) in [6.45, 7) is 6.05. The lowest BCUT2D eigenvalue weighted by Crippen LogP contribution is -2.32. The minimum atomic E-state index is -4.68. The Kier molecular flexibility index (Phi) is 14.3. The summed E-state index contributed by atoms with van der Waals surface area (Å²) in [5.74, 6) is 1.04. The molecule has 0 aliphatic carbocycles. The summed E-state index contributed by atoms with van der Waals surface area (Å²) in [5.41, 5.74) is 9.40. The fourth-order valence-corrected chi connectivity index (χ4v) is 9.42. The number of alkyl halides is 3. The quantitative estimate of drug-likeness (QED) is 0.124. The second-order valence-electron chi connectivity index (χ2n) is 17.3. The van der Waals surface area contributed by atoms with Gasteiger partial charge in [-0.3, -0.25) is 9.20 Å². The van der Waals surface area contributed by atoms with Crippen molar-refractivity contribution in [3.05, 3.63) is 185 Å². The minimum absolute atomic E-state index is 0.167. The molecular formula is C54H51ClF4N8O2. The van der Waals surface area contributed by atoms with Crippen LogP contribution >= 0.6 is 11.6 Å². The predicted octanol–water partition coefficient (Wildman–Crippen LogP) is 12.7. The highest BCUT2D eigenvalue weighted by Crippen LogP contribution is 2.34. The van der Waals surface area contributed by atoms with E-state index in [2.05, 4.69) is 76.5 Å². The van der Waals surface area contributed by atoms with E-state index in [4.69, 9.17) is 11.6 Å². The van der Waals surface area contributed by atoms with Crippen LogP contribution in [0.1, 0.15) is 77.3 Å². The van der Waals surface area contributed by atoms with Gasteiger partial charge in [-0.05, 0) is 146 Å². The number of fused-ring (bicyclic) bond motifs is 2. The van der Waals surface area contributed by atoms with Gasteiger partial charge in [-0.1, -0.05) is 67.1 Å². The molecule has 1 amide bonds. The van der Waals surface area contributed by atoms with E-state index in [9.17, 15) is 22.4 Å². The molecule has 2 saturated heterocycles. The highest BCUT2D eigenvalue weighted by atomic mass is 35.5. The molecular weight excluding hydrogens is 904 g/mol. The van der Waals surface area contributed by atoms with Crippen molar-refractivity contribution in [1.29, 1.82) is 0 Å². The molecule has 0 unspecified atom stereocenters. The van der Waals surface area contributed by atoms with Crippen molar-refractivity contribution in [2.24, 2.45) is 0 Å². The predicted molar refractivity (Wildman–Crippen MR) is 264 cm³/mol. The summed E-state index contributed by atoms with van der Waals surface area (Å²) in [7, 11) is 0. The van der Waals surface area contributed by atoms with Crippen LogP contribution in [-0.2, 0) is 13.0 Å². The first-order valence-electron chi connectivity index (χ1n) is 23.2. The fourth-order valence-electron chi connectivity index (χ4n) is 9.26. The summed E-state index contributed by atoms with van der Waals surface area (Å²) in [6.07, 6.45) is 3.21. The molecule has 0 spiro atoms. The molecule has 2 aliphatic rings. The average molecular weight is 956 g/mol. The van der Waals surface area contributed by atoms with E-state index in [1.54, 1.807) is 53.3 Å². The van der Waals surface area contributed by atoms with Crippen molar-refractivity contribution in [2.75, 3.05) is 41.3 Å². The summed E-state index contributed by atoms with van der Waals surface area (Å²) in [6, 6.07) is 41.3. The summed E-state index contributed by atoms with van der Waals surface area (Å²) in [4.78, 5) is 31.0. The van der Waals surface area contributed by atoms with E-state index in [0.717, 1.165) is 96.8 Å². The second-order valence-corrected chi connectivity index (χ2v) is 17.7. The molecule has 5 heterocycles. The molecule has 0 radical (unpaired) electrons. The Hall–Kier alpha value is -7.19. The molecule has 0 bridgehead atoms. The van der Waals surface area contributed by atoms with Gasteiger partial charge in [0.1, 0.15) is 35.1 Å². The SMILES string of the molecule is CCc1nc2ccc(Cl)cn2c1C(=O)NCc1ccc(N2CCC(c3ccc(OC(F)(F)F)cc3)CC2)cc1.Fc1ccc(C2CCN(c3ccc(Nc4ncnc5ccccc45)cc3)CC2)cc1. The van der Waals surface area contributed by atoms with Crippen LogP contribution in [0.5, 0.6) is 5.75 Å². The van der Waals surface area contributed by atoms with Crippen molar-refractivity contribution in [2.45, 2.75) is 63.8 Å². The number of ether oxygens (including phenoxy) is 1. The molecule has 69 heavy (non-hydrogen) atoms. The number of carbonyl (C=O) groups excluding carboxylic acids is 1. The van der Waals surface area contributed by atoms with Crippen LogP contribution < -0.4 is 25.2 Å². The largest absolute Gasteiger partial charge is 0.573 e. The van der Waals surface area contributed by atoms with Gasteiger partial charge in [0.25, 0.3) is 5.91 Å². The lowest BCUT2D eigenvalue weighted by molar-refractivity contribution is -0.274. The summed E-state index contributed by atoms with van der Waals surface area (Å²) >= 11 is 6.14. The Morgan fingerprint density at radius 1 is 0.739 bits per heavy atom. The number of pyridine rings is 1. The van der Waals surface area contributed by atoms with E-state index in [1.165, 1.54) is 23.4 Å². The van der Waals surface area contributed by atoms with Gasteiger partial charge >= 0.3 is 6.36 Å². The number of para-hydroxylation sites is 1. The molecule has 3 aromatic heterocycles. The first kappa shape index (κ1) is 46.9. The number of hydrogen-bond donors (Lipinski definition) is 2. The number of amides is 1. The number of aryl methyl sites for hydroxylation is 1. The third kappa shape index (κ3) is 11.6. The van der Waals surface area contributed by atoms with Gasteiger partial charge in [-0.15, -0.1) is 13.2 Å². The van der Waals surface area contributed by atoms with Crippen LogP contribution in [0.15, 0.2) is 146 Å². The second kappa shape index (κ2) is 21.0. The molecule has 8 aromatic rings. The van der Waals surface area contributed by atoms with Crippen molar-refractivity contribution >= 4 is 56.9 Å². The van der Waals surface area contributed by atoms with Crippen molar-refractivity contribution in [1.82, 2.24) is 24.7 Å². The number of nitrogens with zero attached hydrogens (tertiary/aromatic N) is 6. The van der Waals surface area contributed by atoms with Gasteiger partial charge in [-0.25, -0.2) is 19.3 Å². The number of carbonyl (C=O) groups is 1. The monoisotopic (exact) mass is 954 g/mol. The Bertz CT molecular complexity index is 2980. The topological polar surface area (TPSA) is 99.9 Å². The van der Waals surface area contributed by atoms with Gasteiger partial charge in [-0.2, -0.15) is 0 Å². The highest BCUT2D eigenvalue weighted by Gasteiger charge is 2.31. The highest BCUT2D eigenvalue weighted by molar-refractivity contribution is 6.30. The third-order valence-corrected chi connectivity index (χ3v) is 13.1. The number of hydrogen-bond acceptors (Lipinski definition) is 8. The molecule has 2 N–H and O–H groups in total. The van der Waals surface area contributed by atoms with Crippen molar-refractivity contribution in [3.63, 3.8) is 0 Å². The zero-order chi connectivity index (χ0) is 47.9. The Morgan fingerprint density at radius 2 is 1.33 bits per heavy atom.